The van der Waals surface area contributed by atoms with Crippen molar-refractivity contribution >= 4 is 11.7 Å². The number of carboxylic acid groups (broad SMARTS) is 1. The van der Waals surface area contributed by atoms with Gasteiger partial charge in [0, 0.05) is 30.8 Å². The number of anilines is 1. The van der Waals surface area contributed by atoms with Crippen LogP contribution in [0.3, 0.4) is 0 Å². The van der Waals surface area contributed by atoms with Crippen molar-refractivity contribution in [3.05, 3.63) is 30.6 Å². The monoisotopic (exact) mass is 274 g/mol. The van der Waals surface area contributed by atoms with E-state index in [4.69, 9.17) is 5.11 Å². The Morgan fingerprint density at radius 2 is 2.10 bits per heavy atom. The predicted octanol–water partition coefficient (Wildman–Crippen LogP) is 2.15. The van der Waals surface area contributed by atoms with E-state index >= 15 is 0 Å². The van der Waals surface area contributed by atoms with Crippen molar-refractivity contribution in [3.63, 3.8) is 0 Å². The number of hydrogen-bond acceptors (Lipinski definition) is 4. The highest BCUT2D eigenvalue weighted by molar-refractivity contribution is 5.66. The van der Waals surface area contributed by atoms with E-state index in [1.54, 1.807) is 6.33 Å². The van der Waals surface area contributed by atoms with E-state index < -0.39 is 5.97 Å². The molecule has 0 fully saturated rings. The van der Waals surface area contributed by atoms with Gasteiger partial charge in [-0.15, -0.1) is 10.2 Å². The lowest BCUT2D eigenvalue weighted by Gasteiger charge is -2.14. The number of carbonyl (C=O) groups is 1. The average molecular weight is 274 g/mol. The molecule has 0 radical (unpaired) electrons. The average Bonchev–Trinajstić information content (AvgIpc) is 2.84. The van der Waals surface area contributed by atoms with E-state index in [0.717, 1.165) is 17.1 Å². The number of aromatic nitrogens is 3. The maximum Gasteiger partial charge on any atom is 0.303 e. The Kier molecular flexibility index (Phi) is 4.34. The van der Waals surface area contributed by atoms with Gasteiger partial charge >= 0.3 is 5.97 Å². The van der Waals surface area contributed by atoms with Gasteiger partial charge < -0.3 is 15.0 Å². The summed E-state index contributed by atoms with van der Waals surface area (Å²) in [6.07, 6.45) is 2.43. The maximum absolute atomic E-state index is 10.5. The van der Waals surface area contributed by atoms with Crippen LogP contribution in [0.15, 0.2) is 30.6 Å². The summed E-state index contributed by atoms with van der Waals surface area (Å²) in [6, 6.07) is 7.97. The van der Waals surface area contributed by atoms with Crippen molar-refractivity contribution in [1.29, 1.82) is 0 Å². The summed E-state index contributed by atoms with van der Waals surface area (Å²) in [4.78, 5) is 10.5. The van der Waals surface area contributed by atoms with Crippen molar-refractivity contribution in [2.45, 2.75) is 25.8 Å². The van der Waals surface area contributed by atoms with E-state index in [1.807, 2.05) is 42.8 Å². The predicted molar refractivity (Wildman–Crippen MR) is 76.4 cm³/mol. The van der Waals surface area contributed by atoms with Crippen LogP contribution in [0, 0.1) is 0 Å². The molecule has 2 rings (SSSR count). The number of carboxylic acids is 1. The summed E-state index contributed by atoms with van der Waals surface area (Å²) < 4.78 is 1.86. The molecule has 20 heavy (non-hydrogen) atoms. The molecule has 1 aromatic heterocycles. The number of benzene rings is 1. The van der Waals surface area contributed by atoms with E-state index in [1.165, 1.54) is 0 Å². The highest BCUT2D eigenvalue weighted by atomic mass is 16.4. The van der Waals surface area contributed by atoms with Crippen LogP contribution in [0.5, 0.6) is 0 Å². The normalized spacial score (nSPS) is 12.1. The van der Waals surface area contributed by atoms with Gasteiger partial charge in [0.15, 0.2) is 5.82 Å². The molecule has 0 aliphatic heterocycles. The lowest BCUT2D eigenvalue weighted by Crippen LogP contribution is -2.16. The van der Waals surface area contributed by atoms with E-state index in [0.29, 0.717) is 6.42 Å². The van der Waals surface area contributed by atoms with Gasteiger partial charge in [0.2, 0.25) is 0 Å². The van der Waals surface area contributed by atoms with Crippen LogP contribution in [0.25, 0.3) is 11.4 Å². The fraction of sp³-hybridized carbons (Fsp3) is 0.357. The number of hydrogen-bond donors (Lipinski definition) is 2. The minimum Gasteiger partial charge on any atom is -0.481 e. The zero-order chi connectivity index (χ0) is 14.5. The highest BCUT2D eigenvalue weighted by Crippen LogP contribution is 2.19. The molecule has 6 nitrogen and oxygen atoms in total. The van der Waals surface area contributed by atoms with Gasteiger partial charge in [0.25, 0.3) is 0 Å². The summed E-state index contributed by atoms with van der Waals surface area (Å²) in [6.45, 7) is 1.97. The number of nitrogens with one attached hydrogen (secondary N) is 1. The zero-order valence-electron chi connectivity index (χ0n) is 11.6. The van der Waals surface area contributed by atoms with Gasteiger partial charge in [-0.3, -0.25) is 4.79 Å². The molecule has 0 saturated carbocycles. The van der Waals surface area contributed by atoms with Crippen molar-refractivity contribution in [3.8, 4) is 11.4 Å². The maximum atomic E-state index is 10.5. The Morgan fingerprint density at radius 1 is 1.40 bits per heavy atom. The molecule has 0 spiro atoms. The molecular formula is C14H18N4O2. The van der Waals surface area contributed by atoms with Crippen molar-refractivity contribution in [2.75, 3.05) is 5.32 Å². The molecule has 1 aromatic carbocycles. The number of rotatable bonds is 6. The standard InChI is InChI=1S/C14H18N4O2/c1-10(3-8-13(19)20)16-12-6-4-11(5-7-12)14-17-15-9-18(14)2/h4-7,9-10,16H,3,8H2,1-2H3,(H,19,20). The Hall–Kier alpha value is -2.37. The second-order valence-corrected chi connectivity index (χ2v) is 4.82. The first-order valence-corrected chi connectivity index (χ1v) is 6.49. The van der Waals surface area contributed by atoms with Crippen LogP contribution in [0.4, 0.5) is 5.69 Å². The van der Waals surface area contributed by atoms with Crippen molar-refractivity contribution < 1.29 is 9.90 Å². The third-order valence-electron chi connectivity index (χ3n) is 3.06. The molecule has 0 bridgehead atoms. The van der Waals surface area contributed by atoms with E-state index in [2.05, 4.69) is 15.5 Å². The van der Waals surface area contributed by atoms with Gasteiger partial charge in [-0.1, -0.05) is 0 Å². The second kappa shape index (κ2) is 6.18. The second-order valence-electron chi connectivity index (χ2n) is 4.82. The largest absolute Gasteiger partial charge is 0.481 e. The van der Waals surface area contributed by atoms with Crippen LogP contribution in [0.1, 0.15) is 19.8 Å². The van der Waals surface area contributed by atoms with Crippen LogP contribution in [-0.4, -0.2) is 31.9 Å². The Morgan fingerprint density at radius 3 is 2.65 bits per heavy atom. The minimum absolute atomic E-state index is 0.117. The van der Waals surface area contributed by atoms with Gasteiger partial charge in [0.05, 0.1) is 0 Å². The van der Waals surface area contributed by atoms with Gasteiger partial charge in [-0.25, -0.2) is 0 Å². The zero-order valence-corrected chi connectivity index (χ0v) is 11.6. The van der Waals surface area contributed by atoms with Gasteiger partial charge in [-0.2, -0.15) is 0 Å². The van der Waals surface area contributed by atoms with Crippen LogP contribution in [0.2, 0.25) is 0 Å². The highest BCUT2D eigenvalue weighted by Gasteiger charge is 2.07. The SMILES string of the molecule is CC(CCC(=O)O)Nc1ccc(-c2nncn2C)cc1. The molecule has 0 aliphatic carbocycles. The lowest BCUT2D eigenvalue weighted by atomic mass is 10.1. The summed E-state index contributed by atoms with van der Waals surface area (Å²) >= 11 is 0. The smallest absolute Gasteiger partial charge is 0.303 e. The van der Waals surface area contributed by atoms with Gasteiger partial charge in [0.1, 0.15) is 6.33 Å². The first-order chi connectivity index (χ1) is 9.56. The molecule has 2 N–H and O–H groups in total. The third-order valence-corrected chi connectivity index (χ3v) is 3.06. The Labute approximate surface area is 117 Å². The molecule has 0 saturated heterocycles. The van der Waals surface area contributed by atoms with Crippen LogP contribution >= 0.6 is 0 Å². The first-order valence-electron chi connectivity index (χ1n) is 6.49. The summed E-state index contributed by atoms with van der Waals surface area (Å²) in [5.41, 5.74) is 1.96. The molecule has 1 atom stereocenters. The molecule has 106 valence electrons. The van der Waals surface area contributed by atoms with Gasteiger partial charge in [-0.05, 0) is 37.6 Å². The fourth-order valence-corrected chi connectivity index (χ4v) is 1.96. The summed E-state index contributed by atoms with van der Waals surface area (Å²) in [5.74, 6) is 0.0479. The summed E-state index contributed by atoms with van der Waals surface area (Å²) in [7, 11) is 1.90. The van der Waals surface area contributed by atoms with Crippen LogP contribution < -0.4 is 5.32 Å². The quantitative estimate of drug-likeness (QED) is 0.843. The fourth-order valence-electron chi connectivity index (χ4n) is 1.96. The minimum atomic E-state index is -0.767. The van der Waals surface area contributed by atoms with E-state index in [9.17, 15) is 4.79 Å². The molecule has 1 heterocycles. The molecule has 2 aromatic rings. The topological polar surface area (TPSA) is 80.0 Å². The number of aryl methyl sites for hydroxylation is 1. The van der Waals surface area contributed by atoms with E-state index in [-0.39, 0.29) is 12.5 Å². The number of aliphatic carboxylic acids is 1. The molecule has 6 heteroatoms. The Bertz CT molecular complexity index is 577. The van der Waals surface area contributed by atoms with Crippen molar-refractivity contribution in [2.24, 2.45) is 7.05 Å². The Balaban J connectivity index is 1.98. The molecule has 0 aliphatic rings. The lowest BCUT2D eigenvalue weighted by molar-refractivity contribution is -0.137. The van der Waals surface area contributed by atoms with Crippen LogP contribution in [-0.2, 0) is 11.8 Å². The third kappa shape index (κ3) is 3.57. The van der Waals surface area contributed by atoms with Crippen molar-refractivity contribution in [1.82, 2.24) is 14.8 Å². The molecule has 1 unspecified atom stereocenters. The molecular weight excluding hydrogens is 256 g/mol. The first kappa shape index (κ1) is 14.0. The molecule has 0 amide bonds. The number of nitrogens with zero attached hydrogens (tertiary/aromatic N) is 3. The summed E-state index contributed by atoms with van der Waals surface area (Å²) in [5, 5.41) is 19.8.